The fraction of sp³-hybridized carbons (Fsp3) is 0.444. The summed E-state index contributed by atoms with van der Waals surface area (Å²) in [5.74, 6) is 0. The number of nitrogens with zero attached hydrogens (tertiary/aromatic N) is 1. The summed E-state index contributed by atoms with van der Waals surface area (Å²) in [6, 6.07) is 5.85. The van der Waals surface area contributed by atoms with Gasteiger partial charge in [0.1, 0.15) is 0 Å². The van der Waals surface area contributed by atoms with Gasteiger partial charge in [-0.2, -0.15) is 0 Å². The molecule has 0 amide bonds. The van der Waals surface area contributed by atoms with Crippen molar-refractivity contribution < 1.29 is 0 Å². The van der Waals surface area contributed by atoms with Crippen LogP contribution in [-0.4, -0.2) is 11.5 Å². The van der Waals surface area contributed by atoms with Gasteiger partial charge in [0, 0.05) is 18.3 Å². The van der Waals surface area contributed by atoms with Crippen LogP contribution in [0.4, 0.5) is 0 Å². The number of hydrogen-bond acceptors (Lipinski definition) is 2. The fourth-order valence-corrected chi connectivity index (χ4v) is 0.694. The minimum absolute atomic E-state index is 0.678. The molecule has 0 saturated heterocycles. The smallest absolute Gasteiger partial charge is 0.0416 e. The molecule has 0 aliphatic rings. The minimum atomic E-state index is 0.678. The Balaban J connectivity index is 0.000000461. The van der Waals surface area contributed by atoms with Gasteiger partial charge in [-0.1, -0.05) is 19.9 Å². The van der Waals surface area contributed by atoms with E-state index in [9.17, 15) is 0 Å². The van der Waals surface area contributed by atoms with Crippen LogP contribution in [0, 0.1) is 0 Å². The third-order valence-corrected chi connectivity index (χ3v) is 1.13. The molecule has 1 rings (SSSR count). The van der Waals surface area contributed by atoms with Crippen LogP contribution in [-0.2, 0) is 6.42 Å². The van der Waals surface area contributed by atoms with Gasteiger partial charge in [0.15, 0.2) is 0 Å². The van der Waals surface area contributed by atoms with Crippen molar-refractivity contribution in [3.63, 3.8) is 0 Å². The third kappa shape index (κ3) is 4.51. The summed E-state index contributed by atoms with van der Waals surface area (Å²) in [4.78, 5) is 4.09. The SMILES string of the molecule is CC.NCCc1ccccn1. The number of aromatic nitrogens is 1. The van der Waals surface area contributed by atoms with Crippen molar-refractivity contribution in [1.29, 1.82) is 0 Å². The van der Waals surface area contributed by atoms with E-state index < -0.39 is 0 Å². The number of nitrogens with two attached hydrogens (primary N) is 1. The second kappa shape index (κ2) is 7.22. The monoisotopic (exact) mass is 152 g/mol. The van der Waals surface area contributed by atoms with Gasteiger partial charge in [0.05, 0.1) is 0 Å². The van der Waals surface area contributed by atoms with Crippen LogP contribution < -0.4 is 5.73 Å². The van der Waals surface area contributed by atoms with Crippen molar-refractivity contribution in [1.82, 2.24) is 4.98 Å². The summed E-state index contributed by atoms with van der Waals surface area (Å²) in [6.45, 7) is 4.68. The summed E-state index contributed by atoms with van der Waals surface area (Å²) >= 11 is 0. The highest BCUT2D eigenvalue weighted by Gasteiger charge is 1.86. The highest BCUT2D eigenvalue weighted by molar-refractivity contribution is 5.03. The fourth-order valence-electron chi connectivity index (χ4n) is 0.694. The predicted molar refractivity (Wildman–Crippen MR) is 48.3 cm³/mol. The lowest BCUT2D eigenvalue weighted by molar-refractivity contribution is 0.923. The Kier molecular flexibility index (Phi) is 6.64. The van der Waals surface area contributed by atoms with Crippen LogP contribution in [0.15, 0.2) is 24.4 Å². The average molecular weight is 152 g/mol. The molecule has 62 valence electrons. The molecule has 0 spiro atoms. The maximum atomic E-state index is 5.32. The van der Waals surface area contributed by atoms with E-state index in [1.165, 1.54) is 0 Å². The summed E-state index contributed by atoms with van der Waals surface area (Å²) in [5, 5.41) is 0. The van der Waals surface area contributed by atoms with E-state index in [0.29, 0.717) is 6.54 Å². The zero-order valence-corrected chi connectivity index (χ0v) is 7.25. The van der Waals surface area contributed by atoms with E-state index in [0.717, 1.165) is 12.1 Å². The Morgan fingerprint density at radius 1 is 1.36 bits per heavy atom. The lowest BCUT2D eigenvalue weighted by atomic mass is 10.3. The molecule has 0 radical (unpaired) electrons. The standard InChI is InChI=1S/C7H10N2.C2H6/c8-5-4-7-3-1-2-6-9-7;1-2/h1-3,6H,4-5,8H2;1-2H3. The maximum Gasteiger partial charge on any atom is 0.0416 e. The van der Waals surface area contributed by atoms with Gasteiger partial charge in [-0.25, -0.2) is 0 Å². The molecule has 2 N–H and O–H groups in total. The van der Waals surface area contributed by atoms with Gasteiger partial charge in [-0.3, -0.25) is 4.98 Å². The van der Waals surface area contributed by atoms with E-state index in [2.05, 4.69) is 4.98 Å². The lowest BCUT2D eigenvalue weighted by Gasteiger charge is -1.92. The summed E-state index contributed by atoms with van der Waals surface area (Å²) < 4.78 is 0. The zero-order valence-electron chi connectivity index (χ0n) is 7.25. The van der Waals surface area contributed by atoms with Crippen LogP contribution in [0.5, 0.6) is 0 Å². The van der Waals surface area contributed by atoms with E-state index in [1.54, 1.807) is 6.20 Å². The first-order chi connectivity index (χ1) is 5.43. The van der Waals surface area contributed by atoms with Gasteiger partial charge >= 0.3 is 0 Å². The highest BCUT2D eigenvalue weighted by Crippen LogP contribution is 1.91. The van der Waals surface area contributed by atoms with Crippen molar-refractivity contribution in [2.45, 2.75) is 20.3 Å². The van der Waals surface area contributed by atoms with Gasteiger partial charge in [-0.05, 0) is 18.7 Å². The Morgan fingerprint density at radius 3 is 2.55 bits per heavy atom. The Hall–Kier alpha value is -0.890. The molecule has 0 unspecified atom stereocenters. The highest BCUT2D eigenvalue weighted by atomic mass is 14.7. The number of rotatable bonds is 2. The topological polar surface area (TPSA) is 38.9 Å². The molecule has 0 fully saturated rings. The van der Waals surface area contributed by atoms with Crippen LogP contribution in [0.25, 0.3) is 0 Å². The van der Waals surface area contributed by atoms with Gasteiger partial charge in [0.25, 0.3) is 0 Å². The molecule has 1 heterocycles. The molecular formula is C9H16N2. The first kappa shape index (κ1) is 10.1. The maximum absolute atomic E-state index is 5.32. The molecule has 0 aliphatic heterocycles. The van der Waals surface area contributed by atoms with Gasteiger partial charge < -0.3 is 5.73 Å². The van der Waals surface area contributed by atoms with Crippen LogP contribution in [0.2, 0.25) is 0 Å². The summed E-state index contributed by atoms with van der Waals surface area (Å²) in [7, 11) is 0. The Labute approximate surface area is 68.5 Å². The predicted octanol–water partition coefficient (Wildman–Crippen LogP) is 1.61. The lowest BCUT2D eigenvalue weighted by Crippen LogP contribution is -2.03. The molecule has 2 heteroatoms. The van der Waals surface area contributed by atoms with Crippen molar-refractivity contribution in [3.05, 3.63) is 30.1 Å². The average Bonchev–Trinajstić information content (AvgIpc) is 2.11. The minimum Gasteiger partial charge on any atom is -0.330 e. The second-order valence-corrected chi connectivity index (χ2v) is 1.86. The molecule has 11 heavy (non-hydrogen) atoms. The molecule has 0 aromatic carbocycles. The molecule has 0 saturated carbocycles. The molecule has 0 atom stereocenters. The van der Waals surface area contributed by atoms with E-state index in [4.69, 9.17) is 5.73 Å². The Morgan fingerprint density at radius 2 is 2.09 bits per heavy atom. The van der Waals surface area contributed by atoms with Crippen molar-refractivity contribution in [2.24, 2.45) is 5.73 Å². The van der Waals surface area contributed by atoms with Crippen molar-refractivity contribution in [3.8, 4) is 0 Å². The number of pyridine rings is 1. The largest absolute Gasteiger partial charge is 0.330 e. The van der Waals surface area contributed by atoms with Gasteiger partial charge in [-0.15, -0.1) is 0 Å². The molecule has 0 aliphatic carbocycles. The van der Waals surface area contributed by atoms with E-state index in [1.807, 2.05) is 32.0 Å². The van der Waals surface area contributed by atoms with Crippen LogP contribution >= 0.6 is 0 Å². The molecular weight excluding hydrogens is 136 g/mol. The molecule has 2 nitrogen and oxygen atoms in total. The van der Waals surface area contributed by atoms with Gasteiger partial charge in [0.2, 0.25) is 0 Å². The second-order valence-electron chi connectivity index (χ2n) is 1.86. The molecule has 1 aromatic heterocycles. The van der Waals surface area contributed by atoms with E-state index >= 15 is 0 Å². The summed E-state index contributed by atoms with van der Waals surface area (Å²) in [5.41, 5.74) is 6.39. The summed E-state index contributed by atoms with van der Waals surface area (Å²) in [6.07, 6.45) is 2.66. The van der Waals surface area contributed by atoms with E-state index in [-0.39, 0.29) is 0 Å². The first-order valence-electron chi connectivity index (χ1n) is 4.03. The zero-order chi connectivity index (χ0) is 8.53. The van der Waals surface area contributed by atoms with Crippen molar-refractivity contribution in [2.75, 3.05) is 6.54 Å². The quantitative estimate of drug-likeness (QED) is 0.699. The third-order valence-electron chi connectivity index (χ3n) is 1.13. The van der Waals surface area contributed by atoms with Crippen LogP contribution in [0.1, 0.15) is 19.5 Å². The normalized spacial score (nSPS) is 8.27. The molecule has 1 aromatic rings. The Bertz CT molecular complexity index is 160. The van der Waals surface area contributed by atoms with Crippen LogP contribution in [0.3, 0.4) is 0 Å². The number of hydrogen-bond donors (Lipinski definition) is 1. The molecule has 0 bridgehead atoms. The van der Waals surface area contributed by atoms with Crippen molar-refractivity contribution >= 4 is 0 Å². The first-order valence-corrected chi connectivity index (χ1v) is 4.03.